The summed E-state index contributed by atoms with van der Waals surface area (Å²) in [6.07, 6.45) is 1.90. The van der Waals surface area contributed by atoms with Gasteiger partial charge in [-0.15, -0.1) is 0 Å². The average Bonchev–Trinajstić information content (AvgIpc) is 2.37. The minimum absolute atomic E-state index is 0.00421. The molecule has 1 aromatic carbocycles. The molecule has 2 rings (SSSR count). The van der Waals surface area contributed by atoms with Gasteiger partial charge in [-0.1, -0.05) is 62.3 Å². The van der Waals surface area contributed by atoms with E-state index in [2.05, 4.69) is 36.8 Å². The van der Waals surface area contributed by atoms with Crippen LogP contribution in [-0.2, 0) is 5.41 Å². The fourth-order valence-corrected chi connectivity index (χ4v) is 2.40. The lowest BCUT2D eigenvalue weighted by molar-refractivity contribution is 0.434. The third-order valence-corrected chi connectivity index (χ3v) is 3.48. The van der Waals surface area contributed by atoms with Crippen LogP contribution in [0.25, 0.3) is 0 Å². The average molecular weight is 309 g/mol. The molecule has 0 saturated carbocycles. The van der Waals surface area contributed by atoms with E-state index in [-0.39, 0.29) is 5.41 Å². The fourth-order valence-electron chi connectivity index (χ4n) is 1.81. The number of ether oxygens (including phenoxy) is 1. The Bertz CT molecular complexity index is 611. The first-order valence-electron chi connectivity index (χ1n) is 6.26. The highest BCUT2D eigenvalue weighted by Gasteiger charge is 2.19. The molecular formula is C15H17ClN2OS. The molecule has 0 aliphatic heterocycles. The first-order chi connectivity index (χ1) is 9.40. The molecule has 1 aromatic heterocycles. The van der Waals surface area contributed by atoms with Gasteiger partial charge in [-0.3, -0.25) is 0 Å². The van der Waals surface area contributed by atoms with E-state index in [9.17, 15) is 0 Å². The molecule has 0 radical (unpaired) electrons. The smallest absolute Gasteiger partial charge is 0.224 e. The Morgan fingerprint density at radius 1 is 1.15 bits per heavy atom. The summed E-state index contributed by atoms with van der Waals surface area (Å²) >= 11 is 7.41. The zero-order chi connectivity index (χ0) is 14.8. The van der Waals surface area contributed by atoms with Gasteiger partial charge in [0.15, 0.2) is 5.16 Å². The van der Waals surface area contributed by atoms with Gasteiger partial charge in [0, 0.05) is 11.6 Å². The zero-order valence-corrected chi connectivity index (χ0v) is 13.5. The number of aromatic nitrogens is 2. The highest BCUT2D eigenvalue weighted by Crippen LogP contribution is 2.34. The third-order valence-electron chi connectivity index (χ3n) is 2.74. The zero-order valence-electron chi connectivity index (χ0n) is 12.0. The second-order valence-electron chi connectivity index (χ2n) is 5.36. The summed E-state index contributed by atoms with van der Waals surface area (Å²) in [6.45, 7) is 6.44. The molecule has 0 aliphatic carbocycles. The lowest BCUT2D eigenvalue weighted by Crippen LogP contribution is -2.12. The van der Waals surface area contributed by atoms with Crippen molar-refractivity contribution in [2.75, 3.05) is 6.26 Å². The maximum atomic E-state index is 5.98. The second kappa shape index (κ2) is 6.02. The topological polar surface area (TPSA) is 35.0 Å². The highest BCUT2D eigenvalue weighted by molar-refractivity contribution is 7.98. The molecule has 3 nitrogen and oxygen atoms in total. The van der Waals surface area contributed by atoms with Crippen LogP contribution in [0.3, 0.4) is 0 Å². The van der Waals surface area contributed by atoms with Crippen molar-refractivity contribution >= 4 is 23.4 Å². The lowest BCUT2D eigenvalue weighted by Gasteiger charge is -2.22. The molecule has 106 valence electrons. The van der Waals surface area contributed by atoms with Crippen molar-refractivity contribution in [1.29, 1.82) is 0 Å². The summed E-state index contributed by atoms with van der Waals surface area (Å²) in [5, 5.41) is 0.980. The summed E-state index contributed by atoms with van der Waals surface area (Å²) < 4.78 is 5.91. The van der Waals surface area contributed by atoms with Gasteiger partial charge < -0.3 is 4.74 Å². The van der Waals surface area contributed by atoms with E-state index in [4.69, 9.17) is 16.3 Å². The minimum atomic E-state index is -0.00421. The number of benzene rings is 1. The summed E-state index contributed by atoms with van der Waals surface area (Å²) in [6, 6.07) is 9.58. The molecule has 2 aromatic rings. The van der Waals surface area contributed by atoms with Gasteiger partial charge in [0.1, 0.15) is 10.9 Å². The first-order valence-corrected chi connectivity index (χ1v) is 7.86. The predicted molar refractivity (Wildman–Crippen MR) is 84.0 cm³/mol. The fraction of sp³-hybridized carbons (Fsp3) is 0.333. The van der Waals surface area contributed by atoms with E-state index >= 15 is 0 Å². The molecule has 0 atom stereocenters. The van der Waals surface area contributed by atoms with Crippen LogP contribution in [0, 0.1) is 0 Å². The normalized spacial score (nSPS) is 11.4. The van der Waals surface area contributed by atoms with Gasteiger partial charge in [-0.2, -0.15) is 4.98 Å². The molecule has 0 amide bonds. The Hall–Kier alpha value is -1.26. The van der Waals surface area contributed by atoms with Crippen molar-refractivity contribution in [2.45, 2.75) is 31.3 Å². The molecule has 20 heavy (non-hydrogen) atoms. The van der Waals surface area contributed by atoms with Gasteiger partial charge in [-0.05, 0) is 17.7 Å². The van der Waals surface area contributed by atoms with Gasteiger partial charge in [0.05, 0.1) is 0 Å². The van der Waals surface area contributed by atoms with Crippen molar-refractivity contribution in [3.8, 4) is 11.6 Å². The number of thioether (sulfide) groups is 1. The van der Waals surface area contributed by atoms with Crippen LogP contribution in [0.2, 0.25) is 5.15 Å². The van der Waals surface area contributed by atoms with Crippen molar-refractivity contribution in [1.82, 2.24) is 9.97 Å². The van der Waals surface area contributed by atoms with Crippen molar-refractivity contribution in [3.05, 3.63) is 41.0 Å². The van der Waals surface area contributed by atoms with Crippen LogP contribution in [0.5, 0.6) is 11.6 Å². The lowest BCUT2D eigenvalue weighted by atomic mass is 9.86. The van der Waals surface area contributed by atoms with Crippen LogP contribution in [0.1, 0.15) is 26.3 Å². The summed E-state index contributed by atoms with van der Waals surface area (Å²) in [7, 11) is 0. The van der Waals surface area contributed by atoms with Crippen LogP contribution in [-0.4, -0.2) is 16.2 Å². The molecular weight excluding hydrogens is 292 g/mol. The van der Waals surface area contributed by atoms with Crippen LogP contribution in [0.4, 0.5) is 0 Å². The van der Waals surface area contributed by atoms with E-state index in [0.29, 0.717) is 16.2 Å². The maximum Gasteiger partial charge on any atom is 0.224 e. The molecule has 0 spiro atoms. The van der Waals surface area contributed by atoms with Gasteiger partial charge in [0.2, 0.25) is 5.88 Å². The molecule has 0 saturated heterocycles. The van der Waals surface area contributed by atoms with Crippen molar-refractivity contribution in [2.24, 2.45) is 0 Å². The summed E-state index contributed by atoms with van der Waals surface area (Å²) in [4.78, 5) is 8.42. The number of para-hydroxylation sites is 1. The minimum Gasteiger partial charge on any atom is -0.439 e. The van der Waals surface area contributed by atoms with Gasteiger partial charge in [0.25, 0.3) is 0 Å². The summed E-state index contributed by atoms with van der Waals surface area (Å²) in [5.74, 6) is 1.26. The summed E-state index contributed by atoms with van der Waals surface area (Å²) in [5.41, 5.74) is 1.12. The van der Waals surface area contributed by atoms with E-state index in [0.717, 1.165) is 11.3 Å². The van der Waals surface area contributed by atoms with E-state index in [1.807, 2.05) is 24.5 Å². The molecule has 1 heterocycles. The van der Waals surface area contributed by atoms with E-state index in [1.54, 1.807) is 6.07 Å². The quantitative estimate of drug-likeness (QED) is 0.457. The van der Waals surface area contributed by atoms with E-state index in [1.165, 1.54) is 11.8 Å². The largest absolute Gasteiger partial charge is 0.439 e. The standard InChI is InChI=1S/C15H17ClN2OS/c1-15(2,3)10-7-5-6-8-11(10)19-13-9-12(16)17-14(18-13)20-4/h5-9H,1-4H3. The molecule has 5 heteroatoms. The van der Waals surface area contributed by atoms with Gasteiger partial charge >= 0.3 is 0 Å². The Morgan fingerprint density at radius 2 is 1.85 bits per heavy atom. The predicted octanol–water partition coefficient (Wildman–Crippen LogP) is 4.94. The van der Waals surface area contributed by atoms with E-state index < -0.39 is 0 Å². The maximum absolute atomic E-state index is 5.98. The van der Waals surface area contributed by atoms with Crippen LogP contribution < -0.4 is 4.74 Å². The van der Waals surface area contributed by atoms with Crippen molar-refractivity contribution < 1.29 is 4.74 Å². The van der Waals surface area contributed by atoms with Crippen LogP contribution in [0.15, 0.2) is 35.5 Å². The molecule has 0 aliphatic rings. The number of halogens is 1. The molecule has 0 unspecified atom stereocenters. The Morgan fingerprint density at radius 3 is 2.50 bits per heavy atom. The SMILES string of the molecule is CSc1nc(Cl)cc(Oc2ccccc2C(C)(C)C)n1. The number of rotatable bonds is 3. The highest BCUT2D eigenvalue weighted by atomic mass is 35.5. The number of hydrogen-bond acceptors (Lipinski definition) is 4. The Labute approximate surface area is 128 Å². The monoisotopic (exact) mass is 308 g/mol. The van der Waals surface area contributed by atoms with Crippen molar-refractivity contribution in [3.63, 3.8) is 0 Å². The second-order valence-corrected chi connectivity index (χ2v) is 6.52. The number of nitrogens with zero attached hydrogens (tertiary/aromatic N) is 2. The first kappa shape index (κ1) is 15.1. The Balaban J connectivity index is 2.38. The Kier molecular flexibility index (Phi) is 4.55. The molecule has 0 bridgehead atoms. The number of hydrogen-bond donors (Lipinski definition) is 0. The van der Waals surface area contributed by atoms with Gasteiger partial charge in [-0.25, -0.2) is 4.98 Å². The third kappa shape index (κ3) is 3.64. The van der Waals surface area contributed by atoms with Crippen LogP contribution >= 0.6 is 23.4 Å². The molecule has 0 fully saturated rings. The molecule has 0 N–H and O–H groups in total.